The molecule has 0 fully saturated rings. The lowest BCUT2D eigenvalue weighted by molar-refractivity contribution is -0.137. The van der Waals surface area contributed by atoms with E-state index in [9.17, 15) is 22.8 Å². The van der Waals surface area contributed by atoms with Crippen LogP contribution >= 0.6 is 0 Å². The minimum absolute atomic E-state index is 0.180. The molecule has 5 rings (SSSR count). The Balaban J connectivity index is 2.09. The second kappa shape index (κ2) is 4.63. The molecule has 5 aromatic rings. The molecule has 0 aliphatic carbocycles. The van der Waals surface area contributed by atoms with Crippen LogP contribution in [-0.2, 0) is 6.18 Å². The zero-order chi connectivity index (χ0) is 18.2. The molecular formula is C19H7F3O4. The van der Waals surface area contributed by atoms with Crippen molar-refractivity contribution in [2.75, 3.05) is 0 Å². The molecule has 0 aliphatic rings. The van der Waals surface area contributed by atoms with Crippen molar-refractivity contribution in [1.29, 1.82) is 0 Å². The van der Waals surface area contributed by atoms with Gasteiger partial charge in [0.1, 0.15) is 11.2 Å². The van der Waals surface area contributed by atoms with Crippen molar-refractivity contribution in [3.05, 3.63) is 68.9 Å². The van der Waals surface area contributed by atoms with Gasteiger partial charge in [-0.3, -0.25) is 0 Å². The Morgan fingerprint density at radius 3 is 1.96 bits per heavy atom. The van der Waals surface area contributed by atoms with Gasteiger partial charge >= 0.3 is 17.4 Å². The molecule has 0 aliphatic heterocycles. The summed E-state index contributed by atoms with van der Waals surface area (Å²) in [5.41, 5.74) is -1.74. The summed E-state index contributed by atoms with van der Waals surface area (Å²) >= 11 is 0. The van der Waals surface area contributed by atoms with E-state index in [1.807, 2.05) is 0 Å². The predicted molar refractivity (Wildman–Crippen MR) is 89.7 cm³/mol. The number of hydrogen-bond donors (Lipinski definition) is 0. The van der Waals surface area contributed by atoms with Crippen LogP contribution in [0.4, 0.5) is 13.2 Å². The van der Waals surface area contributed by atoms with Gasteiger partial charge in [0.2, 0.25) is 0 Å². The maximum absolute atomic E-state index is 13.1. The molecule has 0 saturated carbocycles. The van der Waals surface area contributed by atoms with Crippen molar-refractivity contribution in [2.24, 2.45) is 0 Å². The zero-order valence-corrected chi connectivity index (χ0v) is 12.8. The summed E-state index contributed by atoms with van der Waals surface area (Å²) in [6, 6.07) is 9.25. The third-order valence-electron chi connectivity index (χ3n) is 4.56. The predicted octanol–water partition coefficient (Wildman–Crippen LogP) is 4.66. The fraction of sp³-hybridized carbons (Fsp3) is 0.0526. The normalized spacial score (nSPS) is 12.7. The average Bonchev–Trinajstić information content (AvgIpc) is 2.60. The van der Waals surface area contributed by atoms with Crippen molar-refractivity contribution in [3.63, 3.8) is 0 Å². The summed E-state index contributed by atoms with van der Waals surface area (Å²) < 4.78 is 49.7. The molecule has 0 spiro atoms. The quantitative estimate of drug-likeness (QED) is 0.299. The minimum atomic E-state index is -4.50. The fourth-order valence-electron chi connectivity index (χ4n) is 3.43. The molecule has 2 aromatic heterocycles. The first-order chi connectivity index (χ1) is 12.3. The first-order valence-electron chi connectivity index (χ1n) is 7.60. The number of rotatable bonds is 0. The third kappa shape index (κ3) is 1.85. The molecule has 0 N–H and O–H groups in total. The number of hydrogen-bond acceptors (Lipinski definition) is 4. The Kier molecular flexibility index (Phi) is 2.66. The van der Waals surface area contributed by atoms with Crippen LogP contribution < -0.4 is 11.3 Å². The lowest BCUT2D eigenvalue weighted by atomic mass is 9.96. The highest BCUT2D eigenvalue weighted by Crippen LogP contribution is 2.39. The Morgan fingerprint density at radius 2 is 1.27 bits per heavy atom. The zero-order valence-electron chi connectivity index (χ0n) is 12.8. The van der Waals surface area contributed by atoms with E-state index in [1.165, 1.54) is 18.2 Å². The number of benzene rings is 3. The van der Waals surface area contributed by atoms with Crippen LogP contribution in [0.2, 0.25) is 0 Å². The fourth-order valence-corrected chi connectivity index (χ4v) is 3.43. The van der Waals surface area contributed by atoms with E-state index in [-0.39, 0.29) is 21.7 Å². The summed E-state index contributed by atoms with van der Waals surface area (Å²) in [5.74, 6) is 0. The van der Waals surface area contributed by atoms with Crippen molar-refractivity contribution >= 4 is 43.5 Å². The Hall–Kier alpha value is -3.35. The molecule has 0 radical (unpaired) electrons. The van der Waals surface area contributed by atoms with Gasteiger partial charge in [-0.15, -0.1) is 0 Å². The van der Waals surface area contributed by atoms with Gasteiger partial charge in [0, 0.05) is 16.2 Å². The molecule has 7 heteroatoms. The molecule has 0 bridgehead atoms. The van der Waals surface area contributed by atoms with Gasteiger partial charge in [0.05, 0.1) is 16.3 Å². The van der Waals surface area contributed by atoms with Crippen LogP contribution in [0.1, 0.15) is 5.56 Å². The molecule has 4 nitrogen and oxygen atoms in total. The largest absolute Gasteiger partial charge is 0.456 e. The van der Waals surface area contributed by atoms with Gasteiger partial charge in [-0.2, -0.15) is 13.2 Å². The van der Waals surface area contributed by atoms with Gasteiger partial charge in [0.15, 0.2) is 0 Å². The monoisotopic (exact) mass is 356 g/mol. The molecule has 2 heterocycles. The van der Waals surface area contributed by atoms with Crippen LogP contribution in [0.25, 0.3) is 43.5 Å². The summed E-state index contributed by atoms with van der Waals surface area (Å²) in [6.45, 7) is 0. The maximum atomic E-state index is 13.1. The number of alkyl halides is 3. The van der Waals surface area contributed by atoms with Crippen molar-refractivity contribution in [1.82, 2.24) is 0 Å². The highest BCUT2D eigenvalue weighted by Gasteiger charge is 2.31. The van der Waals surface area contributed by atoms with E-state index in [1.54, 1.807) is 12.1 Å². The smallest absolute Gasteiger partial charge is 0.416 e. The topological polar surface area (TPSA) is 60.4 Å². The van der Waals surface area contributed by atoms with E-state index in [4.69, 9.17) is 8.83 Å². The van der Waals surface area contributed by atoms with Crippen molar-refractivity contribution in [3.8, 4) is 0 Å². The van der Waals surface area contributed by atoms with E-state index in [0.717, 1.165) is 12.1 Å². The molecule has 0 unspecified atom stereocenters. The SMILES string of the molecule is O=c1oc(=O)c2ccc3c4cc(C(F)(F)F)ccc4oc4ccc1c2c43. The lowest BCUT2D eigenvalue weighted by Gasteiger charge is -2.12. The van der Waals surface area contributed by atoms with E-state index in [2.05, 4.69) is 0 Å². The molecule has 0 amide bonds. The molecule has 128 valence electrons. The summed E-state index contributed by atoms with van der Waals surface area (Å²) in [7, 11) is 0. The van der Waals surface area contributed by atoms with E-state index in [0.29, 0.717) is 21.7 Å². The number of fused-ring (bicyclic) bond motifs is 2. The first-order valence-corrected chi connectivity index (χ1v) is 7.60. The van der Waals surface area contributed by atoms with Gasteiger partial charge in [0.25, 0.3) is 0 Å². The van der Waals surface area contributed by atoms with Crippen LogP contribution in [0.3, 0.4) is 0 Å². The summed E-state index contributed by atoms with van der Waals surface area (Å²) in [5, 5.41) is 1.84. The highest BCUT2D eigenvalue weighted by atomic mass is 19.4. The second-order valence-corrected chi connectivity index (χ2v) is 6.01. The van der Waals surface area contributed by atoms with Gasteiger partial charge < -0.3 is 8.83 Å². The van der Waals surface area contributed by atoms with Crippen LogP contribution in [0.15, 0.2) is 60.9 Å². The Morgan fingerprint density at radius 1 is 0.654 bits per heavy atom. The first kappa shape index (κ1) is 14.9. The van der Waals surface area contributed by atoms with E-state index < -0.39 is 23.0 Å². The molecule has 26 heavy (non-hydrogen) atoms. The van der Waals surface area contributed by atoms with Crippen molar-refractivity contribution in [2.45, 2.75) is 6.18 Å². The highest BCUT2D eigenvalue weighted by molar-refractivity contribution is 6.26. The molecule has 0 saturated heterocycles. The van der Waals surface area contributed by atoms with Crippen molar-refractivity contribution < 1.29 is 22.0 Å². The van der Waals surface area contributed by atoms with Gasteiger partial charge in [-0.1, -0.05) is 6.07 Å². The third-order valence-corrected chi connectivity index (χ3v) is 4.56. The average molecular weight is 356 g/mol. The Labute approximate surface area is 141 Å². The summed E-state index contributed by atoms with van der Waals surface area (Å²) in [4.78, 5) is 24.0. The minimum Gasteiger partial charge on any atom is -0.456 e. The molecule has 0 atom stereocenters. The number of halogens is 3. The van der Waals surface area contributed by atoms with Crippen LogP contribution in [0, 0.1) is 0 Å². The second-order valence-electron chi connectivity index (χ2n) is 6.01. The van der Waals surface area contributed by atoms with Crippen LogP contribution in [0.5, 0.6) is 0 Å². The van der Waals surface area contributed by atoms with Gasteiger partial charge in [-0.05, 0) is 41.8 Å². The Bertz CT molecular complexity index is 1430. The van der Waals surface area contributed by atoms with E-state index >= 15 is 0 Å². The van der Waals surface area contributed by atoms with Gasteiger partial charge in [-0.25, -0.2) is 9.59 Å². The molecule has 3 aromatic carbocycles. The maximum Gasteiger partial charge on any atom is 0.416 e. The van der Waals surface area contributed by atoms with Crippen LogP contribution in [-0.4, -0.2) is 0 Å². The lowest BCUT2D eigenvalue weighted by Crippen LogP contribution is -2.12. The standard InChI is InChI=1S/C19H7F3O4/c20-19(21,22)8-1-5-13-12(7-8)9-2-3-10-15-11(18(24)26-17(10)23)4-6-14(25-13)16(9)15/h1-7H. The summed E-state index contributed by atoms with van der Waals surface area (Å²) in [6.07, 6.45) is -4.50. The molecular weight excluding hydrogens is 349 g/mol.